The third-order valence-corrected chi connectivity index (χ3v) is 7.85. The number of Topliss-reactive ketones (excluding diaryl/α,β-unsaturated/α-hetero) is 1. The van der Waals surface area contributed by atoms with E-state index in [0.717, 1.165) is 28.6 Å². The van der Waals surface area contributed by atoms with Crippen molar-refractivity contribution >= 4 is 44.1 Å². The number of aryl methyl sites for hydroxylation is 1. The lowest BCUT2D eigenvalue weighted by Gasteiger charge is -2.24. The Morgan fingerprint density at radius 3 is 2.36 bits per heavy atom. The number of anilines is 1. The Balaban J connectivity index is 1.67. The average Bonchev–Trinajstić information content (AvgIpc) is 3.52. The van der Waals surface area contributed by atoms with Crippen LogP contribution in [0.5, 0.6) is 17.2 Å². The number of aliphatic hydroxyl groups excluding tert-OH is 1. The van der Waals surface area contributed by atoms with Crippen molar-refractivity contribution in [2.24, 2.45) is 0 Å². The molecule has 1 amide bonds. The topological polar surface area (TPSA) is 98.2 Å². The molecular weight excluding hydrogens is 552 g/mol. The summed E-state index contributed by atoms with van der Waals surface area (Å²) in [4.78, 5) is 33.5. The lowest BCUT2D eigenvalue weighted by Crippen LogP contribution is -2.29. The van der Waals surface area contributed by atoms with Crippen molar-refractivity contribution in [3.8, 4) is 17.2 Å². The van der Waals surface area contributed by atoms with Gasteiger partial charge in [0.1, 0.15) is 11.5 Å². The van der Waals surface area contributed by atoms with Crippen molar-refractivity contribution in [3.05, 3.63) is 82.9 Å². The second-order valence-corrected chi connectivity index (χ2v) is 11.0. The Morgan fingerprint density at radius 1 is 0.905 bits per heavy atom. The summed E-state index contributed by atoms with van der Waals surface area (Å²) in [5.74, 6) is -0.111. The lowest BCUT2D eigenvalue weighted by molar-refractivity contribution is -0.132. The molecule has 1 aromatic heterocycles. The lowest BCUT2D eigenvalue weighted by atomic mass is 9.95. The van der Waals surface area contributed by atoms with Gasteiger partial charge in [-0.2, -0.15) is 0 Å². The number of amides is 1. The van der Waals surface area contributed by atoms with Crippen LogP contribution in [0.1, 0.15) is 56.3 Å². The number of rotatable bonds is 11. The van der Waals surface area contributed by atoms with Gasteiger partial charge >= 0.3 is 5.91 Å². The van der Waals surface area contributed by atoms with Gasteiger partial charge in [0.05, 0.1) is 41.7 Å². The summed E-state index contributed by atoms with van der Waals surface area (Å²) in [6, 6.07) is 17.1. The third-order valence-electron chi connectivity index (χ3n) is 6.83. The Labute approximate surface area is 249 Å². The van der Waals surface area contributed by atoms with E-state index in [2.05, 4.69) is 0 Å². The molecule has 0 saturated carbocycles. The molecule has 218 valence electrons. The number of aromatic nitrogens is 1. The van der Waals surface area contributed by atoms with Gasteiger partial charge < -0.3 is 19.3 Å². The normalized spacial score (nSPS) is 16.3. The second kappa shape index (κ2) is 12.7. The Hall–Kier alpha value is -4.37. The summed E-state index contributed by atoms with van der Waals surface area (Å²) in [6.45, 7) is 9.38. The fourth-order valence-electron chi connectivity index (χ4n) is 4.85. The molecule has 0 spiro atoms. The number of hydrogen-bond donors (Lipinski definition) is 1. The predicted molar refractivity (Wildman–Crippen MR) is 165 cm³/mol. The molecule has 2 heterocycles. The molecule has 1 aliphatic heterocycles. The highest BCUT2D eigenvalue weighted by molar-refractivity contribution is 7.22. The number of hydrogen-bond acceptors (Lipinski definition) is 8. The molecule has 1 aliphatic rings. The van der Waals surface area contributed by atoms with Gasteiger partial charge in [-0.25, -0.2) is 4.98 Å². The molecule has 1 N–H and O–H groups in total. The van der Waals surface area contributed by atoms with E-state index in [1.54, 1.807) is 42.5 Å². The van der Waals surface area contributed by atoms with Gasteiger partial charge in [-0.15, -0.1) is 0 Å². The number of carbonyl (C=O) groups excluding carboxylic acids is 2. The maximum Gasteiger partial charge on any atom is 0.301 e. The molecule has 5 rings (SSSR count). The van der Waals surface area contributed by atoms with Gasteiger partial charge in [0.15, 0.2) is 16.6 Å². The molecule has 0 bridgehead atoms. The standard InChI is InChI=1S/C33H34N2O6S/c1-5-16-40-23-12-9-21(10-13-23)30(36)28-29(22-11-15-25(41-17-6-2)26(19-22)39-7-3)35(32(38)31(28)37)33-34-24-14-8-20(4)18-27(24)42-33/h8-15,18-19,29,36H,5-7,16-17H2,1-4H3. The van der Waals surface area contributed by atoms with Crippen LogP contribution >= 0.6 is 11.3 Å². The molecule has 0 radical (unpaired) electrons. The zero-order valence-electron chi connectivity index (χ0n) is 24.2. The molecule has 1 saturated heterocycles. The summed E-state index contributed by atoms with van der Waals surface area (Å²) >= 11 is 1.33. The maximum atomic E-state index is 13.7. The fourth-order valence-corrected chi connectivity index (χ4v) is 5.94. The van der Waals surface area contributed by atoms with Crippen molar-refractivity contribution in [1.82, 2.24) is 4.98 Å². The molecule has 1 unspecified atom stereocenters. The van der Waals surface area contributed by atoms with Gasteiger partial charge in [0.25, 0.3) is 5.78 Å². The van der Waals surface area contributed by atoms with E-state index in [1.807, 2.05) is 45.9 Å². The number of nitrogens with zero attached hydrogens (tertiary/aromatic N) is 2. The number of benzene rings is 3. The van der Waals surface area contributed by atoms with E-state index >= 15 is 0 Å². The minimum atomic E-state index is -0.942. The number of carbonyl (C=O) groups is 2. The van der Waals surface area contributed by atoms with Gasteiger partial charge in [-0.1, -0.05) is 37.3 Å². The van der Waals surface area contributed by atoms with Crippen LogP contribution in [0.15, 0.2) is 66.2 Å². The number of thiazole rings is 1. The molecule has 9 heteroatoms. The summed E-state index contributed by atoms with van der Waals surface area (Å²) < 4.78 is 18.4. The molecule has 1 fully saturated rings. The van der Waals surface area contributed by atoms with Gasteiger partial charge in [0, 0.05) is 5.56 Å². The summed E-state index contributed by atoms with van der Waals surface area (Å²) in [6.07, 6.45) is 1.69. The van der Waals surface area contributed by atoms with Crippen LogP contribution in [0.2, 0.25) is 0 Å². The maximum absolute atomic E-state index is 13.7. The van der Waals surface area contributed by atoms with E-state index in [1.165, 1.54) is 16.2 Å². The first-order chi connectivity index (χ1) is 20.4. The SMILES string of the molecule is CCCOc1ccc(C(O)=C2C(=O)C(=O)N(c3nc4ccc(C)cc4s3)C2c2ccc(OCCC)c(OCC)c2)cc1. The van der Waals surface area contributed by atoms with Crippen LogP contribution in [0, 0.1) is 6.92 Å². The zero-order chi connectivity index (χ0) is 29.8. The summed E-state index contributed by atoms with van der Waals surface area (Å²) in [5, 5.41) is 11.9. The molecule has 42 heavy (non-hydrogen) atoms. The van der Waals surface area contributed by atoms with Crippen molar-refractivity contribution < 1.29 is 28.9 Å². The first-order valence-corrected chi connectivity index (χ1v) is 15.0. The van der Waals surface area contributed by atoms with Gasteiger partial charge in [0.2, 0.25) is 0 Å². The second-order valence-electron chi connectivity index (χ2n) is 10.00. The van der Waals surface area contributed by atoms with Crippen LogP contribution in [0.25, 0.3) is 16.0 Å². The highest BCUT2D eigenvalue weighted by Gasteiger charge is 2.48. The van der Waals surface area contributed by atoms with E-state index in [0.29, 0.717) is 53.3 Å². The van der Waals surface area contributed by atoms with Crippen LogP contribution < -0.4 is 19.1 Å². The van der Waals surface area contributed by atoms with E-state index in [-0.39, 0.29) is 11.3 Å². The largest absolute Gasteiger partial charge is 0.507 e. The number of ether oxygens (including phenoxy) is 3. The first kappa shape index (κ1) is 29.1. The third kappa shape index (κ3) is 5.69. The Kier molecular flexibility index (Phi) is 8.77. The smallest absolute Gasteiger partial charge is 0.301 e. The van der Waals surface area contributed by atoms with E-state index in [9.17, 15) is 14.7 Å². The van der Waals surface area contributed by atoms with Gasteiger partial charge in [-0.05, 0) is 86.3 Å². The minimum Gasteiger partial charge on any atom is -0.507 e. The molecule has 0 aliphatic carbocycles. The van der Waals surface area contributed by atoms with Crippen LogP contribution in [0.4, 0.5) is 5.13 Å². The molecule has 4 aromatic rings. The van der Waals surface area contributed by atoms with Crippen LogP contribution in [-0.2, 0) is 9.59 Å². The first-order valence-electron chi connectivity index (χ1n) is 14.2. The van der Waals surface area contributed by atoms with Gasteiger partial charge in [-0.3, -0.25) is 14.5 Å². The van der Waals surface area contributed by atoms with E-state index in [4.69, 9.17) is 19.2 Å². The van der Waals surface area contributed by atoms with Crippen molar-refractivity contribution in [3.63, 3.8) is 0 Å². The Bertz CT molecular complexity index is 1640. The number of aliphatic hydroxyl groups is 1. The van der Waals surface area contributed by atoms with Crippen molar-refractivity contribution in [2.45, 2.75) is 46.6 Å². The van der Waals surface area contributed by atoms with Crippen molar-refractivity contribution in [1.29, 1.82) is 0 Å². The fraction of sp³-hybridized carbons (Fsp3) is 0.303. The molecule has 3 aromatic carbocycles. The summed E-state index contributed by atoms with van der Waals surface area (Å²) in [7, 11) is 0. The highest BCUT2D eigenvalue weighted by atomic mass is 32.1. The van der Waals surface area contributed by atoms with Crippen LogP contribution in [-0.4, -0.2) is 41.6 Å². The quantitative estimate of drug-likeness (QED) is 0.113. The molecular formula is C33H34N2O6S. The Morgan fingerprint density at radius 2 is 1.64 bits per heavy atom. The predicted octanol–water partition coefficient (Wildman–Crippen LogP) is 7.21. The summed E-state index contributed by atoms with van der Waals surface area (Å²) in [5.41, 5.74) is 2.74. The number of ketones is 1. The zero-order valence-corrected chi connectivity index (χ0v) is 25.0. The number of fused-ring (bicyclic) bond motifs is 1. The highest BCUT2D eigenvalue weighted by Crippen LogP contribution is 2.46. The minimum absolute atomic E-state index is 0.0256. The monoisotopic (exact) mass is 586 g/mol. The molecule has 8 nitrogen and oxygen atoms in total. The van der Waals surface area contributed by atoms with Crippen molar-refractivity contribution in [2.75, 3.05) is 24.7 Å². The average molecular weight is 587 g/mol. The van der Waals surface area contributed by atoms with Crippen LogP contribution in [0.3, 0.4) is 0 Å². The molecule has 1 atom stereocenters. The van der Waals surface area contributed by atoms with E-state index < -0.39 is 17.7 Å².